The van der Waals surface area contributed by atoms with Crippen LogP contribution < -0.4 is 5.73 Å². The van der Waals surface area contributed by atoms with E-state index in [4.69, 9.17) is 24.3 Å². The summed E-state index contributed by atoms with van der Waals surface area (Å²) in [4.78, 5) is 22.6. The van der Waals surface area contributed by atoms with Crippen LogP contribution in [0.3, 0.4) is 0 Å². The summed E-state index contributed by atoms with van der Waals surface area (Å²) < 4.78 is 33.5. The Labute approximate surface area is 393 Å². The number of carbonyl (C=O) groups excluding carboxylic acids is 1. The Morgan fingerprint density at radius 3 is 1.31 bits per heavy atom. The summed E-state index contributed by atoms with van der Waals surface area (Å²) in [6, 6.07) is 0. The third-order valence-electron chi connectivity index (χ3n) is 10.2. The predicted molar refractivity (Wildman–Crippen MR) is 274 cm³/mol. The summed E-state index contributed by atoms with van der Waals surface area (Å²) in [5.41, 5.74) is 5.39. The van der Waals surface area contributed by atoms with Crippen molar-refractivity contribution in [3.8, 4) is 0 Å². The lowest BCUT2D eigenvalue weighted by Gasteiger charge is -2.20. The van der Waals surface area contributed by atoms with Crippen molar-refractivity contribution in [2.45, 2.75) is 200 Å². The van der Waals surface area contributed by atoms with Gasteiger partial charge in [0, 0.05) is 19.6 Å². The van der Waals surface area contributed by atoms with E-state index in [1.807, 2.05) is 0 Å². The van der Waals surface area contributed by atoms with Crippen LogP contribution in [0.4, 0.5) is 0 Å². The summed E-state index contributed by atoms with van der Waals surface area (Å²) in [6.07, 6.45) is 69.7. The molecule has 3 N–H and O–H groups in total. The molecule has 0 aromatic heterocycles. The Morgan fingerprint density at radius 1 is 0.484 bits per heavy atom. The molecule has 0 saturated heterocycles. The Bertz CT molecular complexity index is 1350. The number of hydrogen-bond acceptors (Lipinski definition) is 7. The van der Waals surface area contributed by atoms with Crippen LogP contribution in [0.1, 0.15) is 194 Å². The Morgan fingerprint density at radius 2 is 0.875 bits per heavy atom. The number of allylic oxidation sites excluding steroid dienone is 18. The van der Waals surface area contributed by atoms with Gasteiger partial charge in [-0.25, -0.2) is 4.57 Å². The van der Waals surface area contributed by atoms with Gasteiger partial charge in [0.05, 0.1) is 19.8 Å². The summed E-state index contributed by atoms with van der Waals surface area (Å²) in [6.45, 7) is 4.70. The predicted octanol–water partition coefficient (Wildman–Crippen LogP) is 16.0. The summed E-state index contributed by atoms with van der Waals surface area (Å²) in [5, 5.41) is 0. The van der Waals surface area contributed by atoms with Crippen molar-refractivity contribution < 1.29 is 32.8 Å². The summed E-state index contributed by atoms with van der Waals surface area (Å²) in [5.74, 6) is -0.348. The molecular formula is C55H94NO7P. The Hall–Kier alpha value is -2.84. The molecule has 0 radical (unpaired) electrons. The fraction of sp³-hybridized carbons (Fsp3) is 0.655. The summed E-state index contributed by atoms with van der Waals surface area (Å²) in [7, 11) is -4.30. The molecule has 0 rings (SSSR count). The molecule has 2 atom stereocenters. The van der Waals surface area contributed by atoms with E-state index in [0.29, 0.717) is 13.0 Å². The molecule has 0 aromatic carbocycles. The van der Waals surface area contributed by atoms with Gasteiger partial charge in [0.25, 0.3) is 0 Å². The van der Waals surface area contributed by atoms with Crippen molar-refractivity contribution in [1.29, 1.82) is 0 Å². The largest absolute Gasteiger partial charge is 0.472 e. The highest BCUT2D eigenvalue weighted by molar-refractivity contribution is 7.47. The minimum atomic E-state index is -4.30. The van der Waals surface area contributed by atoms with Crippen LogP contribution >= 0.6 is 7.82 Å². The number of phosphoric acid groups is 1. The number of carbonyl (C=O) groups is 1. The van der Waals surface area contributed by atoms with E-state index in [-0.39, 0.29) is 32.3 Å². The van der Waals surface area contributed by atoms with Gasteiger partial charge in [0.15, 0.2) is 0 Å². The molecule has 0 aromatic rings. The van der Waals surface area contributed by atoms with Crippen LogP contribution in [0.2, 0.25) is 0 Å². The van der Waals surface area contributed by atoms with Crippen molar-refractivity contribution in [3.63, 3.8) is 0 Å². The zero-order valence-electron chi connectivity index (χ0n) is 40.7. The number of phosphoric ester groups is 1. The molecular weight excluding hydrogens is 818 g/mol. The van der Waals surface area contributed by atoms with Gasteiger partial charge in [-0.05, 0) is 103 Å². The van der Waals surface area contributed by atoms with Crippen LogP contribution in [0.15, 0.2) is 109 Å². The average molecular weight is 912 g/mol. The molecule has 0 aliphatic heterocycles. The molecule has 2 unspecified atom stereocenters. The van der Waals surface area contributed by atoms with Crippen LogP contribution in [-0.4, -0.2) is 49.9 Å². The third-order valence-corrected chi connectivity index (χ3v) is 11.2. The maximum Gasteiger partial charge on any atom is 0.472 e. The molecule has 0 heterocycles. The van der Waals surface area contributed by atoms with Crippen LogP contribution in [-0.2, 0) is 27.9 Å². The second-order valence-corrected chi connectivity index (χ2v) is 17.7. The second-order valence-electron chi connectivity index (χ2n) is 16.3. The van der Waals surface area contributed by atoms with Gasteiger partial charge in [-0.2, -0.15) is 0 Å². The quantitative estimate of drug-likeness (QED) is 0.0268. The van der Waals surface area contributed by atoms with E-state index in [0.717, 1.165) is 103 Å². The van der Waals surface area contributed by atoms with Gasteiger partial charge >= 0.3 is 13.8 Å². The molecule has 9 heteroatoms. The average Bonchev–Trinajstić information content (AvgIpc) is 3.29. The van der Waals surface area contributed by atoms with E-state index in [1.54, 1.807) is 0 Å². The van der Waals surface area contributed by atoms with Crippen molar-refractivity contribution >= 4 is 13.8 Å². The van der Waals surface area contributed by atoms with Crippen LogP contribution in [0, 0.1) is 0 Å². The minimum absolute atomic E-state index is 0.0889. The molecule has 366 valence electrons. The van der Waals surface area contributed by atoms with Crippen molar-refractivity contribution in [2.75, 3.05) is 33.0 Å². The monoisotopic (exact) mass is 912 g/mol. The van der Waals surface area contributed by atoms with Crippen molar-refractivity contribution in [1.82, 2.24) is 0 Å². The van der Waals surface area contributed by atoms with E-state index in [2.05, 4.69) is 123 Å². The molecule has 0 spiro atoms. The lowest BCUT2D eigenvalue weighted by Crippen LogP contribution is -2.28. The third kappa shape index (κ3) is 50.2. The molecule has 0 saturated carbocycles. The van der Waals surface area contributed by atoms with Gasteiger partial charge in [0.1, 0.15) is 6.10 Å². The van der Waals surface area contributed by atoms with E-state index >= 15 is 0 Å². The topological polar surface area (TPSA) is 117 Å². The Balaban J connectivity index is 4.06. The maximum atomic E-state index is 12.7. The molecule has 0 aliphatic rings. The first-order chi connectivity index (χ1) is 31.4. The molecule has 0 amide bonds. The fourth-order valence-electron chi connectivity index (χ4n) is 6.48. The number of rotatable bonds is 47. The fourth-order valence-corrected chi connectivity index (χ4v) is 7.24. The number of hydrogen-bond donors (Lipinski definition) is 2. The van der Waals surface area contributed by atoms with E-state index in [9.17, 15) is 14.3 Å². The first kappa shape index (κ1) is 61.2. The summed E-state index contributed by atoms with van der Waals surface area (Å²) >= 11 is 0. The molecule has 0 bridgehead atoms. The highest BCUT2D eigenvalue weighted by atomic mass is 31.2. The number of unbranched alkanes of at least 4 members (excludes halogenated alkanes) is 16. The lowest BCUT2D eigenvalue weighted by molar-refractivity contribution is -0.154. The lowest BCUT2D eigenvalue weighted by atomic mass is 10.1. The second kappa shape index (κ2) is 51.1. The van der Waals surface area contributed by atoms with Crippen molar-refractivity contribution in [3.05, 3.63) is 109 Å². The molecule has 8 nitrogen and oxygen atoms in total. The smallest absolute Gasteiger partial charge is 0.457 e. The van der Waals surface area contributed by atoms with Crippen molar-refractivity contribution in [2.24, 2.45) is 5.73 Å². The molecule has 0 aliphatic carbocycles. The zero-order chi connectivity index (χ0) is 46.5. The van der Waals surface area contributed by atoms with Gasteiger partial charge in [0.2, 0.25) is 0 Å². The first-order valence-corrected chi connectivity index (χ1v) is 26.9. The van der Waals surface area contributed by atoms with Gasteiger partial charge in [-0.1, -0.05) is 194 Å². The van der Waals surface area contributed by atoms with Crippen LogP contribution in [0.25, 0.3) is 0 Å². The van der Waals surface area contributed by atoms with E-state index in [1.165, 1.54) is 70.6 Å². The SMILES string of the molecule is CC/C=C\C/C=C\C/C=C\C/C=C\C/C=C\C/C=C\C/C=C\CCCCCCOCC(COP(=O)(O)OCCN)OC(=O)CCCCCCCCCCC/C=C\C/C=C\CCCCC. The van der Waals surface area contributed by atoms with Gasteiger partial charge < -0.3 is 20.1 Å². The normalized spacial score (nSPS) is 14.2. The standard InChI is InChI=1S/C55H94NO7P/c1-3-5-7-9-11-13-15-17-19-21-23-24-25-26-27-28-29-31-33-35-37-39-41-43-45-47-50-60-52-54(53-62-64(58,59)61-51-49-56)63-55(57)48-46-44-42-40-38-36-34-32-30-22-20-18-16-14-12-10-8-6-4-2/h5,7,11-14,17-20,23-24,26-27,29,31,35,37,54H,3-4,6,8-10,15-16,21-22,25,28,30,32-34,36,38-53,56H2,1-2H3,(H,58,59)/b7-5-,13-11-,14-12-,19-17-,20-18-,24-23-,27-26-,31-29-,37-35-. The molecule has 0 fully saturated rings. The first-order valence-electron chi connectivity index (χ1n) is 25.4. The minimum Gasteiger partial charge on any atom is -0.457 e. The van der Waals surface area contributed by atoms with Gasteiger partial charge in [-0.3, -0.25) is 13.8 Å². The van der Waals surface area contributed by atoms with Gasteiger partial charge in [-0.15, -0.1) is 0 Å². The zero-order valence-corrected chi connectivity index (χ0v) is 41.6. The number of nitrogens with two attached hydrogens (primary N) is 1. The highest BCUT2D eigenvalue weighted by Crippen LogP contribution is 2.43. The maximum absolute atomic E-state index is 12.7. The van der Waals surface area contributed by atoms with Crippen LogP contribution in [0.5, 0.6) is 0 Å². The van der Waals surface area contributed by atoms with E-state index < -0.39 is 13.9 Å². The highest BCUT2D eigenvalue weighted by Gasteiger charge is 2.25. The Kier molecular flexibility index (Phi) is 48.9. The number of esters is 1. The molecule has 64 heavy (non-hydrogen) atoms. The number of ether oxygens (including phenoxy) is 2.